The maximum absolute atomic E-state index is 12.0. The van der Waals surface area contributed by atoms with Gasteiger partial charge in [-0.15, -0.1) is 0 Å². The molecule has 5 heteroatoms. The van der Waals surface area contributed by atoms with E-state index in [0.717, 1.165) is 12.0 Å². The quantitative estimate of drug-likeness (QED) is 0.728. The summed E-state index contributed by atoms with van der Waals surface area (Å²) in [5.74, 6) is 0.165. The highest BCUT2D eigenvalue weighted by Gasteiger charge is 2.10. The lowest BCUT2D eigenvalue weighted by Gasteiger charge is -2.17. The zero-order chi connectivity index (χ0) is 13.4. The first kappa shape index (κ1) is 14.9. The molecule has 0 spiro atoms. The van der Waals surface area contributed by atoms with Gasteiger partial charge in [-0.25, -0.2) is 0 Å². The standard InChI is InChI=1S/C13H19F2NO2/c1-3-8-17-9-12(16-2)10-4-6-11(7-5-10)18-13(14)15/h4-7,12-13,16H,3,8-9H2,1-2H3. The highest BCUT2D eigenvalue weighted by molar-refractivity contribution is 5.29. The van der Waals surface area contributed by atoms with Crippen molar-refractivity contribution in [1.29, 1.82) is 0 Å². The van der Waals surface area contributed by atoms with Crippen LogP contribution in [0.4, 0.5) is 8.78 Å². The minimum atomic E-state index is -2.79. The predicted octanol–water partition coefficient (Wildman–Crippen LogP) is 2.98. The second kappa shape index (κ2) is 8.00. The Labute approximate surface area is 106 Å². The van der Waals surface area contributed by atoms with Crippen LogP contribution in [0.25, 0.3) is 0 Å². The van der Waals surface area contributed by atoms with E-state index in [0.29, 0.717) is 13.2 Å². The zero-order valence-corrected chi connectivity index (χ0v) is 10.7. The van der Waals surface area contributed by atoms with Crippen molar-refractivity contribution in [1.82, 2.24) is 5.32 Å². The van der Waals surface area contributed by atoms with Gasteiger partial charge in [0.25, 0.3) is 0 Å². The molecule has 0 saturated heterocycles. The Hall–Kier alpha value is -1.20. The van der Waals surface area contributed by atoms with Gasteiger partial charge in [-0.3, -0.25) is 0 Å². The third kappa shape index (κ3) is 4.98. The molecule has 0 bridgehead atoms. The van der Waals surface area contributed by atoms with Crippen LogP contribution >= 0.6 is 0 Å². The number of rotatable bonds is 8. The molecule has 1 unspecified atom stereocenters. The summed E-state index contributed by atoms with van der Waals surface area (Å²) in [6.45, 7) is 0.526. The van der Waals surface area contributed by atoms with Crippen molar-refractivity contribution in [2.45, 2.75) is 26.0 Å². The summed E-state index contributed by atoms with van der Waals surface area (Å²) in [6, 6.07) is 6.64. The predicted molar refractivity (Wildman–Crippen MR) is 66.0 cm³/mol. The van der Waals surface area contributed by atoms with Crippen molar-refractivity contribution < 1.29 is 18.3 Å². The summed E-state index contributed by atoms with van der Waals surface area (Å²) in [6.07, 6.45) is 0.970. The molecule has 3 nitrogen and oxygen atoms in total. The first-order chi connectivity index (χ1) is 8.67. The van der Waals surface area contributed by atoms with Crippen LogP contribution in [0.3, 0.4) is 0 Å². The third-order valence-corrected chi connectivity index (χ3v) is 2.49. The third-order valence-electron chi connectivity index (χ3n) is 2.49. The maximum Gasteiger partial charge on any atom is 0.387 e. The summed E-state index contributed by atoms with van der Waals surface area (Å²) in [5, 5.41) is 3.12. The fourth-order valence-electron chi connectivity index (χ4n) is 1.57. The number of nitrogens with one attached hydrogen (secondary N) is 1. The Balaban J connectivity index is 2.57. The minimum absolute atomic E-state index is 0.0529. The minimum Gasteiger partial charge on any atom is -0.435 e. The van der Waals surface area contributed by atoms with Crippen LogP contribution in [-0.4, -0.2) is 26.9 Å². The molecule has 0 heterocycles. The number of benzene rings is 1. The zero-order valence-electron chi connectivity index (χ0n) is 10.7. The van der Waals surface area contributed by atoms with E-state index in [2.05, 4.69) is 10.1 Å². The van der Waals surface area contributed by atoms with E-state index in [1.54, 1.807) is 12.1 Å². The Bertz CT molecular complexity index is 330. The van der Waals surface area contributed by atoms with Gasteiger partial charge >= 0.3 is 6.61 Å². The molecule has 1 aromatic rings. The van der Waals surface area contributed by atoms with Crippen molar-refractivity contribution in [3.05, 3.63) is 29.8 Å². The molecule has 0 radical (unpaired) electrons. The summed E-state index contributed by atoms with van der Waals surface area (Å²) in [4.78, 5) is 0. The van der Waals surface area contributed by atoms with Crippen molar-refractivity contribution in [2.24, 2.45) is 0 Å². The van der Waals surface area contributed by atoms with Gasteiger partial charge in [-0.1, -0.05) is 19.1 Å². The second-order valence-electron chi connectivity index (χ2n) is 3.86. The van der Waals surface area contributed by atoms with E-state index in [-0.39, 0.29) is 11.8 Å². The number of alkyl halides is 2. The van der Waals surface area contributed by atoms with Gasteiger partial charge in [-0.2, -0.15) is 8.78 Å². The van der Waals surface area contributed by atoms with E-state index >= 15 is 0 Å². The average molecular weight is 259 g/mol. The molecule has 0 aliphatic heterocycles. The number of likely N-dealkylation sites (N-methyl/N-ethyl adjacent to an activating group) is 1. The molecule has 0 fully saturated rings. The summed E-state index contributed by atoms with van der Waals surface area (Å²) >= 11 is 0. The highest BCUT2D eigenvalue weighted by Crippen LogP contribution is 2.19. The van der Waals surface area contributed by atoms with Crippen LogP contribution in [0.2, 0.25) is 0 Å². The summed E-state index contributed by atoms with van der Waals surface area (Å²) in [7, 11) is 1.84. The molecular formula is C13H19F2NO2. The lowest BCUT2D eigenvalue weighted by Crippen LogP contribution is -2.22. The normalized spacial score (nSPS) is 12.7. The van der Waals surface area contributed by atoms with E-state index < -0.39 is 6.61 Å². The Kier molecular flexibility index (Phi) is 6.60. The first-order valence-electron chi connectivity index (χ1n) is 5.97. The van der Waals surface area contributed by atoms with E-state index in [1.807, 2.05) is 14.0 Å². The molecule has 102 valence electrons. The molecule has 0 amide bonds. The molecule has 0 aliphatic rings. The Morgan fingerprint density at radius 3 is 2.39 bits per heavy atom. The molecule has 18 heavy (non-hydrogen) atoms. The number of hydrogen-bond donors (Lipinski definition) is 1. The molecule has 0 aliphatic carbocycles. The summed E-state index contributed by atoms with van der Waals surface area (Å²) in [5.41, 5.74) is 0.982. The molecule has 0 aromatic heterocycles. The van der Waals surface area contributed by atoms with Gasteiger partial charge < -0.3 is 14.8 Å². The topological polar surface area (TPSA) is 30.5 Å². The monoisotopic (exact) mass is 259 g/mol. The Morgan fingerprint density at radius 1 is 1.22 bits per heavy atom. The number of ether oxygens (including phenoxy) is 2. The fraction of sp³-hybridized carbons (Fsp3) is 0.538. The SMILES string of the molecule is CCCOCC(NC)c1ccc(OC(F)F)cc1. The lowest BCUT2D eigenvalue weighted by molar-refractivity contribution is -0.0498. The van der Waals surface area contributed by atoms with E-state index in [1.165, 1.54) is 12.1 Å². The van der Waals surface area contributed by atoms with Crippen LogP contribution in [0, 0.1) is 0 Å². The van der Waals surface area contributed by atoms with E-state index in [4.69, 9.17) is 4.74 Å². The van der Waals surface area contributed by atoms with Crippen molar-refractivity contribution >= 4 is 0 Å². The van der Waals surface area contributed by atoms with Crippen molar-refractivity contribution in [3.63, 3.8) is 0 Å². The largest absolute Gasteiger partial charge is 0.435 e. The van der Waals surface area contributed by atoms with Gasteiger partial charge in [0, 0.05) is 6.61 Å². The maximum atomic E-state index is 12.0. The molecular weight excluding hydrogens is 240 g/mol. The van der Waals surface area contributed by atoms with Crippen LogP contribution in [-0.2, 0) is 4.74 Å². The van der Waals surface area contributed by atoms with Crippen LogP contribution in [0.15, 0.2) is 24.3 Å². The van der Waals surface area contributed by atoms with Gasteiger partial charge in [-0.05, 0) is 31.2 Å². The first-order valence-corrected chi connectivity index (χ1v) is 5.97. The molecule has 1 rings (SSSR count). The van der Waals surface area contributed by atoms with Gasteiger partial charge in [0.15, 0.2) is 0 Å². The average Bonchev–Trinajstić information content (AvgIpc) is 2.35. The van der Waals surface area contributed by atoms with Crippen LogP contribution in [0.1, 0.15) is 24.9 Å². The Morgan fingerprint density at radius 2 is 1.89 bits per heavy atom. The van der Waals surface area contributed by atoms with E-state index in [9.17, 15) is 8.78 Å². The van der Waals surface area contributed by atoms with Gasteiger partial charge in [0.2, 0.25) is 0 Å². The molecule has 0 saturated carbocycles. The lowest BCUT2D eigenvalue weighted by atomic mass is 10.1. The molecule has 1 N–H and O–H groups in total. The number of halogens is 2. The fourth-order valence-corrected chi connectivity index (χ4v) is 1.57. The van der Waals surface area contributed by atoms with Crippen molar-refractivity contribution in [2.75, 3.05) is 20.3 Å². The van der Waals surface area contributed by atoms with Gasteiger partial charge in [0.05, 0.1) is 12.6 Å². The highest BCUT2D eigenvalue weighted by atomic mass is 19.3. The van der Waals surface area contributed by atoms with Crippen LogP contribution < -0.4 is 10.1 Å². The molecule has 1 aromatic carbocycles. The molecule has 1 atom stereocenters. The van der Waals surface area contributed by atoms with Crippen LogP contribution in [0.5, 0.6) is 5.75 Å². The van der Waals surface area contributed by atoms with Gasteiger partial charge in [0.1, 0.15) is 5.75 Å². The summed E-state index contributed by atoms with van der Waals surface area (Å²) < 4.78 is 33.8. The van der Waals surface area contributed by atoms with Crippen molar-refractivity contribution in [3.8, 4) is 5.75 Å². The smallest absolute Gasteiger partial charge is 0.387 e. The number of hydrogen-bond acceptors (Lipinski definition) is 3. The second-order valence-corrected chi connectivity index (χ2v) is 3.86.